The molecule has 134 valence electrons. The van der Waals surface area contributed by atoms with E-state index in [4.69, 9.17) is 4.74 Å². The largest absolute Gasteiger partial charge is 0.497 e. The molecule has 0 aliphatic carbocycles. The van der Waals surface area contributed by atoms with Gasteiger partial charge in [-0.1, -0.05) is 12.1 Å². The predicted molar refractivity (Wildman–Crippen MR) is 103 cm³/mol. The lowest BCUT2D eigenvalue weighted by Gasteiger charge is -2.28. The highest BCUT2D eigenvalue weighted by Crippen LogP contribution is 2.26. The van der Waals surface area contributed by atoms with Gasteiger partial charge in [0.25, 0.3) is 0 Å². The summed E-state index contributed by atoms with van der Waals surface area (Å²) in [4.78, 5) is 12.6. The van der Waals surface area contributed by atoms with Crippen molar-refractivity contribution in [2.45, 2.75) is 13.0 Å². The summed E-state index contributed by atoms with van der Waals surface area (Å²) in [5.41, 5.74) is 0.959. The first-order valence-corrected chi connectivity index (χ1v) is 10.1. The topological polar surface area (TPSA) is 75.7 Å². The van der Waals surface area contributed by atoms with Crippen molar-refractivity contribution in [1.29, 1.82) is 0 Å². The molecule has 2 aromatic carbocycles. The number of para-hydroxylation sites is 1. The van der Waals surface area contributed by atoms with E-state index in [1.807, 2.05) is 6.07 Å². The first-order chi connectivity index (χ1) is 11.7. The first kappa shape index (κ1) is 19.3. The van der Waals surface area contributed by atoms with Gasteiger partial charge in [-0.2, -0.15) is 0 Å². The number of hydrogen-bond acceptors (Lipinski definition) is 4. The van der Waals surface area contributed by atoms with Crippen LogP contribution in [0.25, 0.3) is 0 Å². The lowest BCUT2D eigenvalue weighted by molar-refractivity contribution is -0.116. The fourth-order valence-electron chi connectivity index (χ4n) is 2.34. The number of nitrogens with one attached hydrogen (secondary N) is 1. The van der Waals surface area contributed by atoms with Crippen LogP contribution in [0.15, 0.2) is 53.0 Å². The first-order valence-electron chi connectivity index (χ1n) is 7.43. The summed E-state index contributed by atoms with van der Waals surface area (Å²) in [6.07, 6.45) is 1.07. The zero-order chi connectivity index (χ0) is 18.6. The summed E-state index contributed by atoms with van der Waals surface area (Å²) in [7, 11) is -2.14. The zero-order valence-electron chi connectivity index (χ0n) is 14.1. The number of ether oxygens (including phenoxy) is 1. The number of anilines is 2. The SMILES string of the molecule is COc1ccc(N([C@@H](C)C(=O)Nc2ccccc2Br)S(C)(=O)=O)cc1. The molecule has 0 unspecified atom stereocenters. The Morgan fingerprint density at radius 2 is 1.76 bits per heavy atom. The third kappa shape index (κ3) is 4.73. The van der Waals surface area contributed by atoms with Gasteiger partial charge in [-0.25, -0.2) is 8.42 Å². The van der Waals surface area contributed by atoms with Gasteiger partial charge in [0.1, 0.15) is 11.8 Å². The fraction of sp³-hybridized carbons (Fsp3) is 0.235. The van der Waals surface area contributed by atoms with E-state index in [0.717, 1.165) is 10.6 Å². The molecule has 0 saturated heterocycles. The number of hydrogen-bond donors (Lipinski definition) is 1. The second kappa shape index (κ2) is 7.88. The summed E-state index contributed by atoms with van der Waals surface area (Å²) in [6.45, 7) is 1.54. The van der Waals surface area contributed by atoms with Crippen molar-refractivity contribution in [3.63, 3.8) is 0 Å². The highest BCUT2D eigenvalue weighted by Gasteiger charge is 2.29. The number of amides is 1. The van der Waals surface area contributed by atoms with E-state index in [9.17, 15) is 13.2 Å². The average molecular weight is 427 g/mol. The normalized spacial score (nSPS) is 12.3. The van der Waals surface area contributed by atoms with Crippen molar-refractivity contribution in [3.05, 3.63) is 53.0 Å². The van der Waals surface area contributed by atoms with Gasteiger partial charge in [0.05, 0.1) is 24.7 Å². The van der Waals surface area contributed by atoms with Crippen LogP contribution in [0.4, 0.5) is 11.4 Å². The maximum Gasteiger partial charge on any atom is 0.248 e. The Hall–Kier alpha value is -2.06. The highest BCUT2D eigenvalue weighted by molar-refractivity contribution is 9.10. The van der Waals surface area contributed by atoms with E-state index in [2.05, 4.69) is 21.2 Å². The monoisotopic (exact) mass is 426 g/mol. The standard InChI is InChI=1S/C17H19BrN2O4S/c1-12(17(21)19-16-7-5-4-6-15(16)18)20(25(3,22)23)13-8-10-14(24-2)11-9-13/h4-12H,1-3H3,(H,19,21)/t12-/m0/s1. The minimum absolute atomic E-state index is 0.387. The zero-order valence-corrected chi connectivity index (χ0v) is 16.5. The lowest BCUT2D eigenvalue weighted by Crippen LogP contribution is -2.45. The lowest BCUT2D eigenvalue weighted by atomic mass is 10.2. The van der Waals surface area contributed by atoms with Crippen LogP contribution in [0.1, 0.15) is 6.92 Å². The van der Waals surface area contributed by atoms with Crippen molar-refractivity contribution < 1.29 is 17.9 Å². The maximum atomic E-state index is 12.6. The van der Waals surface area contributed by atoms with Gasteiger partial charge in [0.15, 0.2) is 0 Å². The van der Waals surface area contributed by atoms with Gasteiger partial charge in [0, 0.05) is 4.47 Å². The quantitative estimate of drug-likeness (QED) is 0.768. The van der Waals surface area contributed by atoms with E-state index in [1.165, 1.54) is 14.0 Å². The van der Waals surface area contributed by atoms with Crippen LogP contribution in [-0.4, -0.2) is 33.7 Å². The Labute approximate surface area is 156 Å². The summed E-state index contributed by atoms with van der Waals surface area (Å²) < 4.78 is 31.4. The Balaban J connectivity index is 2.31. The third-order valence-electron chi connectivity index (χ3n) is 3.55. The summed E-state index contributed by atoms with van der Waals surface area (Å²) in [5.74, 6) is 0.163. The van der Waals surface area contributed by atoms with Crippen LogP contribution in [-0.2, 0) is 14.8 Å². The van der Waals surface area contributed by atoms with Crippen molar-refractivity contribution in [3.8, 4) is 5.75 Å². The van der Waals surface area contributed by atoms with Crippen molar-refractivity contribution in [1.82, 2.24) is 0 Å². The third-order valence-corrected chi connectivity index (χ3v) is 5.48. The van der Waals surface area contributed by atoms with E-state index in [1.54, 1.807) is 42.5 Å². The molecule has 2 aromatic rings. The molecule has 1 N–H and O–H groups in total. The Morgan fingerprint density at radius 3 is 2.28 bits per heavy atom. The van der Waals surface area contributed by atoms with Crippen LogP contribution < -0.4 is 14.4 Å². The molecule has 6 nitrogen and oxygen atoms in total. The highest BCUT2D eigenvalue weighted by atomic mass is 79.9. The van der Waals surface area contributed by atoms with Crippen LogP contribution in [0, 0.1) is 0 Å². The van der Waals surface area contributed by atoms with Crippen LogP contribution in [0.3, 0.4) is 0 Å². The van der Waals surface area contributed by atoms with E-state index in [0.29, 0.717) is 21.6 Å². The molecule has 0 aliphatic rings. The molecule has 25 heavy (non-hydrogen) atoms. The predicted octanol–water partition coefficient (Wildman–Crippen LogP) is 3.25. The van der Waals surface area contributed by atoms with Crippen molar-refractivity contribution in [2.24, 2.45) is 0 Å². The van der Waals surface area contributed by atoms with Gasteiger partial charge < -0.3 is 10.1 Å². The second-order valence-electron chi connectivity index (χ2n) is 5.40. The Morgan fingerprint density at radius 1 is 1.16 bits per heavy atom. The minimum atomic E-state index is -3.66. The Bertz CT molecular complexity index is 853. The average Bonchev–Trinajstić information content (AvgIpc) is 2.56. The number of rotatable bonds is 6. The van der Waals surface area contributed by atoms with Crippen LogP contribution >= 0.6 is 15.9 Å². The molecular weight excluding hydrogens is 408 g/mol. The number of methoxy groups -OCH3 is 1. The number of carbonyl (C=O) groups is 1. The molecule has 1 atom stereocenters. The van der Waals surface area contributed by atoms with E-state index < -0.39 is 22.0 Å². The number of benzene rings is 2. The van der Waals surface area contributed by atoms with Gasteiger partial charge in [0.2, 0.25) is 15.9 Å². The van der Waals surface area contributed by atoms with E-state index in [-0.39, 0.29) is 0 Å². The minimum Gasteiger partial charge on any atom is -0.497 e. The van der Waals surface area contributed by atoms with Gasteiger partial charge >= 0.3 is 0 Å². The molecule has 0 spiro atoms. The molecule has 0 heterocycles. The molecule has 2 rings (SSSR count). The molecule has 0 bridgehead atoms. The summed E-state index contributed by atoms with van der Waals surface area (Å²) in [6, 6.07) is 12.7. The van der Waals surface area contributed by atoms with Gasteiger partial charge in [-0.05, 0) is 59.3 Å². The Kier molecular flexibility index (Phi) is 6.07. The number of carbonyl (C=O) groups excluding carboxylic acids is 1. The van der Waals surface area contributed by atoms with Crippen molar-refractivity contribution in [2.75, 3.05) is 23.0 Å². The maximum absolute atomic E-state index is 12.6. The number of sulfonamides is 1. The number of halogens is 1. The van der Waals surface area contributed by atoms with Crippen LogP contribution in [0.5, 0.6) is 5.75 Å². The fourth-order valence-corrected chi connectivity index (χ4v) is 3.90. The molecule has 0 aliphatic heterocycles. The van der Waals surface area contributed by atoms with E-state index >= 15 is 0 Å². The molecular formula is C17H19BrN2O4S. The molecule has 1 amide bonds. The van der Waals surface area contributed by atoms with Gasteiger partial charge in [-0.15, -0.1) is 0 Å². The summed E-state index contributed by atoms with van der Waals surface area (Å²) in [5, 5.41) is 2.74. The molecule has 0 fully saturated rings. The molecule has 0 aromatic heterocycles. The van der Waals surface area contributed by atoms with Crippen molar-refractivity contribution >= 4 is 43.2 Å². The second-order valence-corrected chi connectivity index (χ2v) is 8.12. The smallest absolute Gasteiger partial charge is 0.248 e. The molecule has 0 saturated carbocycles. The number of nitrogens with zero attached hydrogens (tertiary/aromatic N) is 1. The molecule has 8 heteroatoms. The van der Waals surface area contributed by atoms with Gasteiger partial charge in [-0.3, -0.25) is 9.10 Å². The summed E-state index contributed by atoms with van der Waals surface area (Å²) >= 11 is 3.35. The molecule has 0 radical (unpaired) electrons. The van der Waals surface area contributed by atoms with Crippen LogP contribution in [0.2, 0.25) is 0 Å².